The Morgan fingerprint density at radius 2 is 2.10 bits per heavy atom. The molecule has 0 unspecified atom stereocenters. The number of nitrogens with one attached hydrogen (secondary N) is 1. The first kappa shape index (κ1) is 13.9. The number of amides is 1. The van der Waals surface area contributed by atoms with Crippen molar-refractivity contribution >= 4 is 28.5 Å². The predicted molar refractivity (Wildman–Crippen MR) is 77.2 cm³/mol. The minimum Gasteiger partial charge on any atom is -0.267 e. The molecule has 7 heteroatoms. The van der Waals surface area contributed by atoms with Crippen LogP contribution < -0.4 is 5.43 Å². The number of rotatable bonds is 4. The Labute approximate surface area is 118 Å². The van der Waals surface area contributed by atoms with Gasteiger partial charge in [-0.15, -0.1) is 0 Å². The lowest BCUT2D eigenvalue weighted by molar-refractivity contribution is -0.380. The average Bonchev–Trinajstić information content (AvgIpc) is 2.88. The van der Waals surface area contributed by atoms with E-state index >= 15 is 0 Å². The molecule has 2 rings (SSSR count). The van der Waals surface area contributed by atoms with Crippen LogP contribution in [0.2, 0.25) is 0 Å². The number of carbonyl (C=O) groups is 1. The fraction of sp³-hybridized carbons (Fsp3) is 0.0769. The number of benzene rings is 1. The second kappa shape index (κ2) is 6.07. The van der Waals surface area contributed by atoms with Gasteiger partial charge in [0.2, 0.25) is 0 Å². The largest absolute Gasteiger partial charge is 0.324 e. The summed E-state index contributed by atoms with van der Waals surface area (Å²) in [6, 6.07) is 10.1. The maximum atomic E-state index is 11.8. The quantitative estimate of drug-likeness (QED) is 0.533. The second-order valence-electron chi connectivity index (χ2n) is 3.95. The summed E-state index contributed by atoms with van der Waals surface area (Å²) in [5, 5.41) is 14.4. The molecule has 0 aliphatic rings. The lowest BCUT2D eigenvalue weighted by Gasteiger charge is -2.02. The smallest absolute Gasteiger partial charge is 0.267 e. The predicted octanol–water partition coefficient (Wildman–Crippen LogP) is 2.73. The number of nitro groups is 1. The van der Waals surface area contributed by atoms with E-state index in [9.17, 15) is 14.9 Å². The van der Waals surface area contributed by atoms with E-state index in [0.717, 1.165) is 16.9 Å². The van der Waals surface area contributed by atoms with Crippen LogP contribution in [0.5, 0.6) is 0 Å². The summed E-state index contributed by atoms with van der Waals surface area (Å²) in [6.45, 7) is 1.83. The number of hydrogen-bond donors (Lipinski definition) is 1. The number of hydrazone groups is 1. The van der Waals surface area contributed by atoms with Gasteiger partial charge in [0.15, 0.2) is 0 Å². The van der Waals surface area contributed by atoms with Crippen molar-refractivity contribution in [1.29, 1.82) is 0 Å². The van der Waals surface area contributed by atoms with Gasteiger partial charge in [0, 0.05) is 11.6 Å². The van der Waals surface area contributed by atoms with Crippen LogP contribution >= 0.6 is 11.3 Å². The summed E-state index contributed by atoms with van der Waals surface area (Å²) in [5.41, 5.74) is 3.79. The lowest BCUT2D eigenvalue weighted by Crippen LogP contribution is -2.18. The molecule has 0 aliphatic heterocycles. The van der Waals surface area contributed by atoms with E-state index in [1.165, 1.54) is 12.3 Å². The van der Waals surface area contributed by atoms with Gasteiger partial charge < -0.3 is 0 Å². The third-order valence-electron chi connectivity index (χ3n) is 2.54. The van der Waals surface area contributed by atoms with E-state index in [0.29, 0.717) is 10.4 Å². The number of thiophene rings is 1. The van der Waals surface area contributed by atoms with Crippen molar-refractivity contribution in [3.63, 3.8) is 0 Å². The van der Waals surface area contributed by atoms with Crippen LogP contribution in [0.15, 0.2) is 41.5 Å². The van der Waals surface area contributed by atoms with Crippen LogP contribution in [0.4, 0.5) is 5.00 Å². The summed E-state index contributed by atoms with van der Waals surface area (Å²) < 4.78 is 0. The fourth-order valence-corrected chi connectivity index (χ4v) is 2.25. The monoisotopic (exact) mass is 289 g/mol. The van der Waals surface area contributed by atoms with E-state index in [1.54, 1.807) is 18.2 Å². The van der Waals surface area contributed by atoms with Crippen LogP contribution in [0.3, 0.4) is 0 Å². The number of carbonyl (C=O) groups excluding carboxylic acids is 1. The topological polar surface area (TPSA) is 84.6 Å². The first-order valence-electron chi connectivity index (χ1n) is 5.71. The molecular formula is C13H11N3O3S. The molecule has 0 aliphatic carbocycles. The molecule has 1 aromatic heterocycles. The Kier molecular flexibility index (Phi) is 4.21. The van der Waals surface area contributed by atoms with Crippen molar-refractivity contribution in [3.05, 3.63) is 62.5 Å². The average molecular weight is 289 g/mol. The molecule has 0 bridgehead atoms. The summed E-state index contributed by atoms with van der Waals surface area (Å²) >= 11 is 0.992. The molecule has 0 saturated heterocycles. The van der Waals surface area contributed by atoms with Crippen LogP contribution in [-0.4, -0.2) is 17.0 Å². The normalized spacial score (nSPS) is 10.7. The van der Waals surface area contributed by atoms with E-state index in [4.69, 9.17) is 0 Å². The lowest BCUT2D eigenvalue weighted by atomic mass is 10.1. The molecule has 0 radical (unpaired) electrons. The third-order valence-corrected chi connectivity index (χ3v) is 3.51. The second-order valence-corrected chi connectivity index (χ2v) is 5.04. The summed E-state index contributed by atoms with van der Waals surface area (Å²) in [4.78, 5) is 22.5. The molecule has 2 aromatic rings. The Morgan fingerprint density at radius 3 is 2.75 bits per heavy atom. The van der Waals surface area contributed by atoms with Crippen molar-refractivity contribution < 1.29 is 9.72 Å². The van der Waals surface area contributed by atoms with Crippen molar-refractivity contribution in [2.24, 2.45) is 5.10 Å². The van der Waals surface area contributed by atoms with Crippen molar-refractivity contribution in [3.8, 4) is 0 Å². The Balaban J connectivity index is 2.01. The SMILES string of the molecule is Cc1ccccc1C(=O)N/N=C/c1ccc([N+](=O)[O-])s1. The van der Waals surface area contributed by atoms with Gasteiger partial charge in [-0.05, 0) is 24.6 Å². The Morgan fingerprint density at radius 1 is 1.35 bits per heavy atom. The summed E-state index contributed by atoms with van der Waals surface area (Å²) in [6.07, 6.45) is 1.38. The Hall–Kier alpha value is -2.54. The molecule has 20 heavy (non-hydrogen) atoms. The van der Waals surface area contributed by atoms with Gasteiger partial charge in [0.1, 0.15) is 0 Å². The highest BCUT2D eigenvalue weighted by Crippen LogP contribution is 2.22. The van der Waals surface area contributed by atoms with E-state index < -0.39 is 4.92 Å². The Bertz CT molecular complexity index is 679. The van der Waals surface area contributed by atoms with Gasteiger partial charge >= 0.3 is 5.00 Å². The highest BCUT2D eigenvalue weighted by atomic mass is 32.1. The third kappa shape index (κ3) is 3.27. The maximum absolute atomic E-state index is 11.8. The summed E-state index contributed by atoms with van der Waals surface area (Å²) in [5.74, 6) is -0.314. The first-order chi connectivity index (χ1) is 9.58. The van der Waals surface area contributed by atoms with Crippen LogP contribution in [-0.2, 0) is 0 Å². The maximum Gasteiger partial charge on any atom is 0.324 e. The van der Waals surface area contributed by atoms with Crippen molar-refractivity contribution in [2.45, 2.75) is 6.92 Å². The van der Waals surface area contributed by atoms with Gasteiger partial charge in [-0.1, -0.05) is 29.5 Å². The molecule has 1 aromatic carbocycles. The minimum atomic E-state index is -0.464. The number of aryl methyl sites for hydroxylation is 1. The molecule has 0 spiro atoms. The standard InChI is InChI=1S/C13H11N3O3S/c1-9-4-2-3-5-11(9)13(17)15-14-8-10-6-7-12(20-10)16(18)19/h2-8H,1H3,(H,15,17)/b14-8+. The van der Waals surface area contributed by atoms with Crippen LogP contribution in [0.25, 0.3) is 0 Å². The van der Waals surface area contributed by atoms with E-state index in [2.05, 4.69) is 10.5 Å². The summed E-state index contributed by atoms with van der Waals surface area (Å²) in [7, 11) is 0. The van der Waals surface area contributed by atoms with Crippen LogP contribution in [0.1, 0.15) is 20.8 Å². The molecule has 0 atom stereocenters. The zero-order valence-electron chi connectivity index (χ0n) is 10.6. The van der Waals surface area contributed by atoms with E-state index in [1.807, 2.05) is 19.1 Å². The van der Waals surface area contributed by atoms with E-state index in [-0.39, 0.29) is 10.9 Å². The first-order valence-corrected chi connectivity index (χ1v) is 6.53. The zero-order chi connectivity index (χ0) is 14.5. The number of hydrogen-bond acceptors (Lipinski definition) is 5. The van der Waals surface area contributed by atoms with Crippen molar-refractivity contribution in [2.75, 3.05) is 0 Å². The molecule has 1 amide bonds. The van der Waals surface area contributed by atoms with Gasteiger partial charge in [-0.25, -0.2) is 5.43 Å². The molecule has 0 fully saturated rings. The van der Waals surface area contributed by atoms with Crippen molar-refractivity contribution in [1.82, 2.24) is 5.43 Å². The fourth-order valence-electron chi connectivity index (χ4n) is 1.55. The minimum absolute atomic E-state index is 0.0386. The molecule has 0 saturated carbocycles. The highest BCUT2D eigenvalue weighted by molar-refractivity contribution is 7.16. The zero-order valence-corrected chi connectivity index (χ0v) is 11.4. The van der Waals surface area contributed by atoms with Gasteiger partial charge in [0.05, 0.1) is 16.0 Å². The van der Waals surface area contributed by atoms with Gasteiger partial charge in [-0.3, -0.25) is 14.9 Å². The molecule has 6 nitrogen and oxygen atoms in total. The van der Waals surface area contributed by atoms with Gasteiger partial charge in [-0.2, -0.15) is 5.10 Å². The van der Waals surface area contributed by atoms with Crippen LogP contribution in [0, 0.1) is 17.0 Å². The van der Waals surface area contributed by atoms with Gasteiger partial charge in [0.25, 0.3) is 5.91 Å². The number of nitrogens with zero attached hydrogens (tertiary/aromatic N) is 2. The molecule has 1 heterocycles. The molecule has 1 N–H and O–H groups in total. The molecule has 102 valence electrons. The highest BCUT2D eigenvalue weighted by Gasteiger charge is 2.09. The molecular weight excluding hydrogens is 278 g/mol.